The molecule has 3 atom stereocenters. The minimum Gasteiger partial charge on any atom is -0.497 e. The van der Waals surface area contributed by atoms with E-state index < -0.39 is 22.2 Å². The number of aliphatic hydroxyl groups excluding tert-OH is 1. The number of rotatable bonds is 7. The Hall–Kier alpha value is -3.26. The van der Waals surface area contributed by atoms with Crippen molar-refractivity contribution in [2.75, 3.05) is 39.2 Å². The van der Waals surface area contributed by atoms with Gasteiger partial charge in [-0.15, -0.1) is 0 Å². The summed E-state index contributed by atoms with van der Waals surface area (Å²) >= 11 is 0. The lowest BCUT2D eigenvalue weighted by Crippen LogP contribution is -2.50. The number of amides is 2. The number of urea groups is 1. The number of hydrogen-bond acceptors (Lipinski definition) is 6. The number of carbonyl (C=O) groups is 1. The van der Waals surface area contributed by atoms with Crippen LogP contribution in [0.1, 0.15) is 39.7 Å². The molecule has 0 spiro atoms. The van der Waals surface area contributed by atoms with Gasteiger partial charge in [-0.25, -0.2) is 13.2 Å². The first-order valence-corrected chi connectivity index (χ1v) is 14.5. The number of aliphatic hydroxyl groups is 1. The van der Waals surface area contributed by atoms with Crippen LogP contribution in [0.2, 0.25) is 0 Å². The summed E-state index contributed by atoms with van der Waals surface area (Å²) in [5, 5.41) is 12.7. The predicted octanol–water partition coefficient (Wildman–Crippen LogP) is 4.03. The normalized spacial score (nSPS) is 19.4. The van der Waals surface area contributed by atoms with Crippen LogP contribution < -0.4 is 14.8 Å². The molecule has 0 fully saturated rings. The number of hydrogen-bond donors (Lipinski definition) is 2. The third-order valence-corrected chi connectivity index (χ3v) is 8.57. The molecule has 3 rings (SSSR count). The highest BCUT2D eigenvalue weighted by Crippen LogP contribution is 2.34. The largest absolute Gasteiger partial charge is 0.497 e. The standard InChI is InChI=1S/C29H39N3O6S/c1-20(2)8-7-9-23-10-15-28-26(16-23)38-27(21(3)17-32(22(4)19-33)39(28,35)36)18-31(5)29(34)30-24-11-13-25(37-6)14-12-24/h10-16,20-22,27,33H,8,17-19H2,1-6H3,(H,30,34)/t21-,22+,27-/m0/s1. The molecule has 0 aromatic heterocycles. The minimum atomic E-state index is -3.96. The number of methoxy groups -OCH3 is 1. The Morgan fingerprint density at radius 3 is 2.54 bits per heavy atom. The molecule has 1 aliphatic rings. The van der Waals surface area contributed by atoms with Crippen molar-refractivity contribution in [2.45, 2.75) is 51.2 Å². The number of ether oxygens (including phenoxy) is 2. The summed E-state index contributed by atoms with van der Waals surface area (Å²) in [6.07, 6.45) is 0.185. The summed E-state index contributed by atoms with van der Waals surface area (Å²) in [5.41, 5.74) is 1.26. The van der Waals surface area contributed by atoms with Gasteiger partial charge < -0.3 is 24.8 Å². The number of likely N-dealkylation sites (N-methyl/N-ethyl adjacent to an activating group) is 1. The third-order valence-electron chi connectivity index (χ3n) is 6.55. The predicted molar refractivity (Wildman–Crippen MR) is 151 cm³/mol. The third kappa shape index (κ3) is 7.66. The van der Waals surface area contributed by atoms with Crippen LogP contribution in [-0.4, -0.2) is 74.8 Å². The summed E-state index contributed by atoms with van der Waals surface area (Å²) in [5.74, 6) is 7.20. The van der Waals surface area contributed by atoms with Crippen LogP contribution in [0.25, 0.3) is 0 Å². The summed E-state index contributed by atoms with van der Waals surface area (Å²) in [7, 11) is -0.721. The molecular weight excluding hydrogens is 518 g/mol. The number of sulfonamides is 1. The van der Waals surface area contributed by atoms with Gasteiger partial charge in [-0.05, 0) is 55.3 Å². The van der Waals surface area contributed by atoms with Crippen LogP contribution in [0.4, 0.5) is 10.5 Å². The van der Waals surface area contributed by atoms with Crippen molar-refractivity contribution in [3.05, 3.63) is 48.0 Å². The highest BCUT2D eigenvalue weighted by molar-refractivity contribution is 7.89. The Bertz CT molecular complexity index is 1300. The quantitative estimate of drug-likeness (QED) is 0.498. The molecule has 2 aromatic carbocycles. The van der Waals surface area contributed by atoms with Crippen molar-refractivity contribution < 1.29 is 27.8 Å². The van der Waals surface area contributed by atoms with E-state index in [1.54, 1.807) is 57.5 Å². The fraction of sp³-hybridized carbons (Fsp3) is 0.483. The lowest BCUT2D eigenvalue weighted by Gasteiger charge is -2.37. The van der Waals surface area contributed by atoms with E-state index >= 15 is 0 Å². The fourth-order valence-electron chi connectivity index (χ4n) is 4.12. The number of nitrogens with one attached hydrogen (secondary N) is 1. The zero-order chi connectivity index (χ0) is 28.7. The molecule has 10 heteroatoms. The Kier molecular flexibility index (Phi) is 10.2. The number of benzene rings is 2. The minimum absolute atomic E-state index is 0.0134. The Balaban J connectivity index is 1.92. The highest BCUT2D eigenvalue weighted by Gasteiger charge is 2.38. The summed E-state index contributed by atoms with van der Waals surface area (Å²) < 4.78 is 40.1. The maximum Gasteiger partial charge on any atom is 0.321 e. The SMILES string of the molecule is COc1ccc(NC(=O)N(C)C[C@@H]2Oc3cc(C#CCC(C)C)ccc3S(=O)(=O)N([C@H](C)CO)C[C@@H]2C)cc1. The highest BCUT2D eigenvalue weighted by atomic mass is 32.2. The van der Waals surface area contributed by atoms with E-state index in [4.69, 9.17) is 9.47 Å². The molecule has 1 heterocycles. The van der Waals surface area contributed by atoms with Gasteiger partial charge in [0, 0.05) is 43.2 Å². The summed E-state index contributed by atoms with van der Waals surface area (Å²) in [4.78, 5) is 14.5. The number of anilines is 1. The van der Waals surface area contributed by atoms with Crippen LogP contribution in [0.5, 0.6) is 11.5 Å². The fourth-order valence-corrected chi connectivity index (χ4v) is 5.95. The Morgan fingerprint density at radius 1 is 1.23 bits per heavy atom. The van der Waals surface area contributed by atoms with Gasteiger partial charge in [0.15, 0.2) is 0 Å². The van der Waals surface area contributed by atoms with Crippen LogP contribution in [-0.2, 0) is 10.0 Å². The van der Waals surface area contributed by atoms with E-state index in [0.717, 1.165) is 0 Å². The molecule has 2 aromatic rings. The molecule has 212 valence electrons. The van der Waals surface area contributed by atoms with Gasteiger partial charge in [0.05, 0.1) is 20.3 Å². The molecule has 39 heavy (non-hydrogen) atoms. The van der Waals surface area contributed by atoms with Crippen LogP contribution >= 0.6 is 0 Å². The zero-order valence-corrected chi connectivity index (χ0v) is 24.3. The number of carbonyl (C=O) groups excluding carboxylic acids is 1. The van der Waals surface area contributed by atoms with Crippen molar-refractivity contribution in [3.63, 3.8) is 0 Å². The lowest BCUT2D eigenvalue weighted by atomic mass is 10.0. The molecule has 0 aliphatic carbocycles. The van der Waals surface area contributed by atoms with Crippen molar-refractivity contribution in [1.29, 1.82) is 0 Å². The Labute approximate surface area is 232 Å². The van der Waals surface area contributed by atoms with Gasteiger partial charge in [-0.3, -0.25) is 0 Å². The molecule has 0 saturated heterocycles. The van der Waals surface area contributed by atoms with Gasteiger partial charge in [-0.2, -0.15) is 4.31 Å². The molecule has 1 aliphatic heterocycles. The molecule has 9 nitrogen and oxygen atoms in total. The number of nitrogens with zero attached hydrogens (tertiary/aromatic N) is 2. The van der Waals surface area contributed by atoms with E-state index in [1.165, 1.54) is 15.3 Å². The molecule has 2 N–H and O–H groups in total. The molecule has 0 bridgehead atoms. The van der Waals surface area contributed by atoms with Crippen LogP contribution in [0, 0.1) is 23.7 Å². The lowest BCUT2D eigenvalue weighted by molar-refractivity contribution is 0.0830. The number of fused-ring (bicyclic) bond motifs is 1. The van der Waals surface area contributed by atoms with Crippen molar-refractivity contribution in [3.8, 4) is 23.3 Å². The Morgan fingerprint density at radius 2 is 1.92 bits per heavy atom. The zero-order valence-electron chi connectivity index (χ0n) is 23.5. The van der Waals surface area contributed by atoms with E-state index in [0.29, 0.717) is 29.3 Å². The second-order valence-electron chi connectivity index (χ2n) is 10.3. The first-order chi connectivity index (χ1) is 18.5. The average molecular weight is 558 g/mol. The van der Waals surface area contributed by atoms with E-state index in [9.17, 15) is 18.3 Å². The average Bonchev–Trinajstić information content (AvgIpc) is 2.90. The topological polar surface area (TPSA) is 108 Å². The summed E-state index contributed by atoms with van der Waals surface area (Å²) in [6.45, 7) is 7.70. The van der Waals surface area contributed by atoms with Crippen molar-refractivity contribution >= 4 is 21.7 Å². The van der Waals surface area contributed by atoms with Gasteiger partial charge in [0.25, 0.3) is 0 Å². The van der Waals surface area contributed by atoms with Gasteiger partial charge in [0.1, 0.15) is 22.5 Å². The van der Waals surface area contributed by atoms with E-state index in [-0.39, 0.29) is 42.3 Å². The van der Waals surface area contributed by atoms with Crippen LogP contribution in [0.3, 0.4) is 0 Å². The molecule has 2 amide bonds. The second-order valence-corrected chi connectivity index (χ2v) is 12.2. The first-order valence-electron chi connectivity index (χ1n) is 13.0. The van der Waals surface area contributed by atoms with Crippen molar-refractivity contribution in [1.82, 2.24) is 9.21 Å². The maximum absolute atomic E-state index is 13.6. The van der Waals surface area contributed by atoms with Crippen LogP contribution in [0.15, 0.2) is 47.4 Å². The van der Waals surface area contributed by atoms with E-state index in [1.807, 2.05) is 6.92 Å². The van der Waals surface area contributed by atoms with E-state index in [2.05, 4.69) is 31.0 Å². The molecular formula is C29H39N3O6S. The first kappa shape index (κ1) is 30.3. The molecule has 0 saturated carbocycles. The molecule has 0 radical (unpaired) electrons. The van der Waals surface area contributed by atoms with Crippen molar-refractivity contribution in [2.24, 2.45) is 11.8 Å². The van der Waals surface area contributed by atoms with Gasteiger partial charge in [-0.1, -0.05) is 32.6 Å². The summed E-state index contributed by atoms with van der Waals surface area (Å²) in [6, 6.07) is 10.9. The maximum atomic E-state index is 13.6. The second kappa shape index (κ2) is 13.2. The van der Waals surface area contributed by atoms with Gasteiger partial charge in [0.2, 0.25) is 10.0 Å². The van der Waals surface area contributed by atoms with Gasteiger partial charge >= 0.3 is 6.03 Å². The molecule has 0 unspecified atom stereocenters. The monoisotopic (exact) mass is 557 g/mol. The smallest absolute Gasteiger partial charge is 0.321 e.